The molecule has 0 spiro atoms. The molecule has 0 heterocycles. The van der Waals surface area contributed by atoms with Crippen LogP contribution >= 0.6 is 0 Å². The summed E-state index contributed by atoms with van der Waals surface area (Å²) in [7, 11) is 0. The second-order valence-corrected chi connectivity index (χ2v) is 4.82. The number of carbonyl (C=O) groups is 1. The van der Waals surface area contributed by atoms with Crippen molar-refractivity contribution in [3.8, 4) is 6.07 Å². The van der Waals surface area contributed by atoms with E-state index in [0.29, 0.717) is 5.56 Å². The largest absolute Gasteiger partial charge is 0.481 e. The summed E-state index contributed by atoms with van der Waals surface area (Å²) in [6.07, 6.45) is 0. The van der Waals surface area contributed by atoms with Crippen molar-refractivity contribution < 1.29 is 9.90 Å². The van der Waals surface area contributed by atoms with Gasteiger partial charge in [-0.1, -0.05) is 36.4 Å². The van der Waals surface area contributed by atoms with E-state index in [-0.39, 0.29) is 6.54 Å². The highest BCUT2D eigenvalue weighted by Crippen LogP contribution is 2.20. The van der Waals surface area contributed by atoms with Gasteiger partial charge in [0.25, 0.3) is 0 Å². The molecule has 0 saturated heterocycles. The number of carboxylic acid groups (broad SMARTS) is 1. The molecule has 4 nitrogen and oxygen atoms in total. The molecule has 0 radical (unpaired) electrons. The zero-order valence-corrected chi connectivity index (χ0v) is 11.7. The molecule has 2 aromatic rings. The van der Waals surface area contributed by atoms with Crippen LogP contribution in [0.1, 0.15) is 22.6 Å². The molecule has 1 unspecified atom stereocenters. The minimum Gasteiger partial charge on any atom is -0.481 e. The molecule has 106 valence electrons. The lowest BCUT2D eigenvalue weighted by Gasteiger charge is -2.16. The number of nitriles is 1. The van der Waals surface area contributed by atoms with Crippen molar-refractivity contribution in [2.75, 3.05) is 11.9 Å². The second-order valence-electron chi connectivity index (χ2n) is 4.82. The number of benzene rings is 2. The molecule has 2 aromatic carbocycles. The molecule has 2 N–H and O–H groups in total. The van der Waals surface area contributed by atoms with E-state index >= 15 is 0 Å². The molecular weight excluding hydrogens is 264 g/mol. The third kappa shape index (κ3) is 3.61. The van der Waals surface area contributed by atoms with Crippen molar-refractivity contribution >= 4 is 11.7 Å². The molecular formula is C17H16N2O2. The van der Waals surface area contributed by atoms with Crippen LogP contribution in [0, 0.1) is 18.3 Å². The Balaban J connectivity index is 2.17. The quantitative estimate of drug-likeness (QED) is 0.882. The van der Waals surface area contributed by atoms with E-state index in [1.807, 2.05) is 31.2 Å². The average Bonchev–Trinajstić information content (AvgIpc) is 2.50. The van der Waals surface area contributed by atoms with E-state index in [0.717, 1.165) is 16.8 Å². The summed E-state index contributed by atoms with van der Waals surface area (Å²) in [5.74, 6) is -1.50. The summed E-state index contributed by atoms with van der Waals surface area (Å²) < 4.78 is 0. The number of aryl methyl sites for hydroxylation is 1. The Hall–Kier alpha value is -2.80. The molecule has 0 aromatic heterocycles. The first-order chi connectivity index (χ1) is 10.1. The maximum atomic E-state index is 11.4. The van der Waals surface area contributed by atoms with E-state index < -0.39 is 11.9 Å². The van der Waals surface area contributed by atoms with E-state index in [2.05, 4.69) is 11.4 Å². The molecule has 0 bridgehead atoms. The molecule has 0 saturated carbocycles. The minimum atomic E-state index is -0.872. The van der Waals surface area contributed by atoms with E-state index in [1.165, 1.54) is 0 Å². The van der Waals surface area contributed by atoms with Gasteiger partial charge >= 0.3 is 5.97 Å². The van der Waals surface area contributed by atoms with Gasteiger partial charge in [-0.3, -0.25) is 4.79 Å². The van der Waals surface area contributed by atoms with Crippen LogP contribution in [0.5, 0.6) is 0 Å². The van der Waals surface area contributed by atoms with Crippen molar-refractivity contribution in [1.29, 1.82) is 5.26 Å². The summed E-state index contributed by atoms with van der Waals surface area (Å²) in [5, 5.41) is 21.4. The number of aliphatic carboxylic acids is 1. The number of rotatable bonds is 5. The van der Waals surface area contributed by atoms with Crippen molar-refractivity contribution in [3.05, 3.63) is 65.2 Å². The molecule has 21 heavy (non-hydrogen) atoms. The van der Waals surface area contributed by atoms with Gasteiger partial charge in [-0.05, 0) is 30.2 Å². The van der Waals surface area contributed by atoms with Crippen LogP contribution in [0.25, 0.3) is 0 Å². The van der Waals surface area contributed by atoms with Gasteiger partial charge in [-0.25, -0.2) is 0 Å². The number of hydrogen-bond acceptors (Lipinski definition) is 3. The summed E-state index contributed by atoms with van der Waals surface area (Å²) in [5.41, 5.74) is 3.07. The predicted octanol–water partition coefficient (Wildman–Crippen LogP) is 3.15. The summed E-state index contributed by atoms with van der Waals surface area (Å²) in [4.78, 5) is 11.4. The lowest BCUT2D eigenvalue weighted by atomic mass is 9.99. The molecule has 0 amide bonds. The van der Waals surface area contributed by atoms with Gasteiger partial charge in [0.2, 0.25) is 0 Å². The molecule has 0 aliphatic rings. The normalized spacial score (nSPS) is 11.4. The van der Waals surface area contributed by atoms with Crippen molar-refractivity contribution in [2.24, 2.45) is 0 Å². The van der Waals surface area contributed by atoms with Gasteiger partial charge in [0.05, 0.1) is 17.6 Å². The number of nitrogens with one attached hydrogen (secondary N) is 1. The lowest BCUT2D eigenvalue weighted by Crippen LogP contribution is -2.21. The lowest BCUT2D eigenvalue weighted by molar-refractivity contribution is -0.138. The van der Waals surface area contributed by atoms with Crippen LogP contribution in [-0.4, -0.2) is 17.6 Å². The number of anilines is 1. The van der Waals surface area contributed by atoms with Crippen LogP contribution in [0.2, 0.25) is 0 Å². The fraction of sp³-hybridized carbons (Fsp3) is 0.176. The van der Waals surface area contributed by atoms with Gasteiger partial charge in [0.15, 0.2) is 0 Å². The van der Waals surface area contributed by atoms with Crippen LogP contribution in [-0.2, 0) is 4.79 Å². The standard InChI is InChI=1S/C17H16N2O2/c1-12-7-8-13(10-18)9-16(12)19-11-15(17(20)21)14-5-3-2-4-6-14/h2-9,15,19H,11H2,1H3,(H,20,21). The third-order valence-corrected chi connectivity index (χ3v) is 3.36. The van der Waals surface area contributed by atoms with Crippen molar-refractivity contribution in [1.82, 2.24) is 0 Å². The molecule has 4 heteroatoms. The first kappa shape index (κ1) is 14.6. The Morgan fingerprint density at radius 1 is 1.29 bits per heavy atom. The Morgan fingerprint density at radius 3 is 2.62 bits per heavy atom. The highest BCUT2D eigenvalue weighted by molar-refractivity contribution is 5.77. The van der Waals surface area contributed by atoms with Gasteiger partial charge in [0, 0.05) is 12.2 Å². The third-order valence-electron chi connectivity index (χ3n) is 3.36. The highest BCUT2D eigenvalue weighted by atomic mass is 16.4. The Bertz CT molecular complexity index is 675. The predicted molar refractivity (Wildman–Crippen MR) is 81.2 cm³/mol. The SMILES string of the molecule is Cc1ccc(C#N)cc1NCC(C(=O)O)c1ccccc1. The van der Waals surface area contributed by atoms with Crippen LogP contribution in [0.3, 0.4) is 0 Å². The Kier molecular flexibility index (Phi) is 4.57. The molecule has 0 fully saturated rings. The molecule has 1 atom stereocenters. The zero-order valence-electron chi connectivity index (χ0n) is 11.7. The van der Waals surface area contributed by atoms with Crippen molar-refractivity contribution in [2.45, 2.75) is 12.8 Å². The fourth-order valence-electron chi connectivity index (χ4n) is 2.13. The summed E-state index contributed by atoms with van der Waals surface area (Å²) in [6, 6.07) is 16.5. The smallest absolute Gasteiger partial charge is 0.312 e. The Morgan fingerprint density at radius 2 is 2.00 bits per heavy atom. The molecule has 2 rings (SSSR count). The topological polar surface area (TPSA) is 73.1 Å². The van der Waals surface area contributed by atoms with Gasteiger partial charge < -0.3 is 10.4 Å². The van der Waals surface area contributed by atoms with Crippen molar-refractivity contribution in [3.63, 3.8) is 0 Å². The summed E-state index contributed by atoms with van der Waals surface area (Å²) in [6.45, 7) is 2.19. The van der Waals surface area contributed by atoms with Crippen LogP contribution < -0.4 is 5.32 Å². The van der Waals surface area contributed by atoms with E-state index in [1.54, 1.807) is 24.3 Å². The maximum absolute atomic E-state index is 11.4. The van der Waals surface area contributed by atoms with Gasteiger partial charge in [-0.2, -0.15) is 5.26 Å². The second kappa shape index (κ2) is 6.58. The first-order valence-electron chi connectivity index (χ1n) is 6.64. The van der Waals surface area contributed by atoms with Crippen LogP contribution in [0.4, 0.5) is 5.69 Å². The van der Waals surface area contributed by atoms with Gasteiger partial charge in [0.1, 0.15) is 0 Å². The molecule has 0 aliphatic carbocycles. The van der Waals surface area contributed by atoms with E-state index in [4.69, 9.17) is 5.26 Å². The van der Waals surface area contributed by atoms with E-state index in [9.17, 15) is 9.90 Å². The van der Waals surface area contributed by atoms with Crippen LogP contribution in [0.15, 0.2) is 48.5 Å². The first-order valence-corrected chi connectivity index (χ1v) is 6.64. The zero-order chi connectivity index (χ0) is 15.2. The monoisotopic (exact) mass is 280 g/mol. The average molecular weight is 280 g/mol. The van der Waals surface area contributed by atoms with Gasteiger partial charge in [-0.15, -0.1) is 0 Å². The number of carboxylic acids is 1. The molecule has 0 aliphatic heterocycles. The minimum absolute atomic E-state index is 0.273. The number of nitrogens with zero attached hydrogens (tertiary/aromatic N) is 1. The highest BCUT2D eigenvalue weighted by Gasteiger charge is 2.19. The maximum Gasteiger partial charge on any atom is 0.312 e. The fourth-order valence-corrected chi connectivity index (χ4v) is 2.13. The Labute approximate surface area is 123 Å². The number of hydrogen-bond donors (Lipinski definition) is 2. The summed E-state index contributed by atoms with van der Waals surface area (Å²) >= 11 is 0.